The highest BCUT2D eigenvalue weighted by Crippen LogP contribution is 2.41. The average Bonchev–Trinajstić information content (AvgIpc) is 3.37. The van der Waals surface area contributed by atoms with Crippen LogP contribution >= 0.6 is 0 Å². The smallest absolute Gasteiger partial charge is 0.290 e. The number of aliphatic hydroxyl groups excluding tert-OH is 1. The quantitative estimate of drug-likeness (QED) is 0.581. The van der Waals surface area contributed by atoms with Crippen molar-refractivity contribution in [2.24, 2.45) is 0 Å². The molecule has 2 heterocycles. The summed E-state index contributed by atoms with van der Waals surface area (Å²) in [6.45, 7) is 3.47. The van der Waals surface area contributed by atoms with Crippen molar-refractivity contribution in [1.29, 1.82) is 0 Å². The number of furan rings is 1. The molecule has 1 aromatic carbocycles. The van der Waals surface area contributed by atoms with E-state index in [0.717, 1.165) is 6.54 Å². The summed E-state index contributed by atoms with van der Waals surface area (Å²) in [7, 11) is 5.42. The third-order valence-electron chi connectivity index (χ3n) is 5.10. The zero-order valence-electron chi connectivity index (χ0n) is 18.3. The number of carbonyl (C=O) groups excluding carboxylic acids is 2. The van der Waals surface area contributed by atoms with E-state index in [-0.39, 0.29) is 11.3 Å². The number of nitrogens with zero attached hydrogens (tertiary/aromatic N) is 2. The van der Waals surface area contributed by atoms with E-state index in [0.29, 0.717) is 36.6 Å². The molecule has 0 saturated carbocycles. The Balaban J connectivity index is 2.04. The molecule has 1 aromatic heterocycles. The molecule has 1 aliphatic rings. The number of hydrogen-bond donors (Lipinski definition) is 1. The highest BCUT2D eigenvalue weighted by Gasteiger charge is 2.44. The highest BCUT2D eigenvalue weighted by atomic mass is 16.5. The molecule has 0 unspecified atom stereocenters. The Hall–Kier alpha value is -3.26. The summed E-state index contributed by atoms with van der Waals surface area (Å²) in [5.74, 6) is -0.549. The second-order valence-electron chi connectivity index (χ2n) is 7.47. The monoisotopic (exact) mass is 428 g/mol. The Bertz CT molecular complexity index is 964. The molecule has 3 rings (SSSR count). The van der Waals surface area contributed by atoms with E-state index >= 15 is 0 Å². The fourth-order valence-electron chi connectivity index (χ4n) is 3.69. The molecule has 2 aromatic rings. The number of benzene rings is 1. The summed E-state index contributed by atoms with van der Waals surface area (Å²) in [5, 5.41) is 10.7. The van der Waals surface area contributed by atoms with Crippen LogP contribution in [0.15, 0.2) is 52.3 Å². The van der Waals surface area contributed by atoms with E-state index in [2.05, 4.69) is 0 Å². The van der Waals surface area contributed by atoms with Gasteiger partial charge >= 0.3 is 0 Å². The average molecular weight is 428 g/mol. The zero-order chi connectivity index (χ0) is 22.5. The number of rotatable bonds is 10. The van der Waals surface area contributed by atoms with Gasteiger partial charge in [0.2, 0.25) is 5.78 Å². The topological polar surface area (TPSA) is 92.5 Å². The van der Waals surface area contributed by atoms with Crippen LogP contribution in [0.5, 0.6) is 11.5 Å². The second kappa shape index (κ2) is 9.70. The molecule has 0 radical (unpaired) electrons. The lowest BCUT2D eigenvalue weighted by Gasteiger charge is -2.27. The molecule has 1 amide bonds. The zero-order valence-corrected chi connectivity index (χ0v) is 18.3. The highest BCUT2D eigenvalue weighted by molar-refractivity contribution is 6.15. The predicted molar refractivity (Wildman–Crippen MR) is 114 cm³/mol. The number of ketones is 1. The van der Waals surface area contributed by atoms with Crippen LogP contribution in [-0.2, 0) is 4.79 Å². The first-order chi connectivity index (χ1) is 14.9. The van der Waals surface area contributed by atoms with Gasteiger partial charge in [0.25, 0.3) is 5.91 Å². The molecule has 166 valence electrons. The maximum Gasteiger partial charge on any atom is 0.290 e. The Morgan fingerprint density at radius 3 is 2.65 bits per heavy atom. The maximum absolute atomic E-state index is 13.1. The molecule has 8 heteroatoms. The molecule has 1 N–H and O–H groups in total. The standard InChI is InChI=1S/C23H28N2O6/c1-5-30-16-10-9-15(14-18(16)29-4)20-19(21(26)17-8-6-13-31-17)22(27)23(28)25(20)12-7-11-24(2)3/h6,8-10,13-14,20,27H,5,7,11-12H2,1-4H3/t20-/m1/s1. The Labute approximate surface area is 181 Å². The second-order valence-corrected chi connectivity index (χ2v) is 7.47. The van der Waals surface area contributed by atoms with Crippen molar-refractivity contribution in [3.8, 4) is 11.5 Å². The molecule has 0 aliphatic carbocycles. The minimum Gasteiger partial charge on any atom is -0.503 e. The van der Waals surface area contributed by atoms with Crippen molar-refractivity contribution in [1.82, 2.24) is 9.80 Å². The lowest BCUT2D eigenvalue weighted by Crippen LogP contribution is -2.33. The van der Waals surface area contributed by atoms with Crippen LogP contribution in [0.3, 0.4) is 0 Å². The fourth-order valence-corrected chi connectivity index (χ4v) is 3.69. The van der Waals surface area contributed by atoms with Gasteiger partial charge in [0.15, 0.2) is 23.0 Å². The number of Topliss-reactive ketones (excluding diaryl/α,β-unsaturated/α-hetero) is 1. The lowest BCUT2D eigenvalue weighted by molar-refractivity contribution is -0.129. The van der Waals surface area contributed by atoms with E-state index in [1.165, 1.54) is 24.3 Å². The van der Waals surface area contributed by atoms with Crippen molar-refractivity contribution in [2.75, 3.05) is 40.9 Å². The number of hydrogen-bond acceptors (Lipinski definition) is 7. The third-order valence-corrected chi connectivity index (χ3v) is 5.10. The Morgan fingerprint density at radius 2 is 2.03 bits per heavy atom. The summed E-state index contributed by atoms with van der Waals surface area (Å²) < 4.78 is 16.3. The largest absolute Gasteiger partial charge is 0.503 e. The molecule has 31 heavy (non-hydrogen) atoms. The minimum atomic E-state index is -0.767. The van der Waals surface area contributed by atoms with Crippen LogP contribution in [-0.4, -0.2) is 67.5 Å². The van der Waals surface area contributed by atoms with Gasteiger partial charge in [-0.1, -0.05) is 6.07 Å². The summed E-state index contributed by atoms with van der Waals surface area (Å²) in [6, 6.07) is 7.58. The van der Waals surface area contributed by atoms with Crippen molar-refractivity contribution in [2.45, 2.75) is 19.4 Å². The van der Waals surface area contributed by atoms with Crippen LogP contribution in [0.4, 0.5) is 0 Å². The van der Waals surface area contributed by atoms with E-state index in [4.69, 9.17) is 13.9 Å². The van der Waals surface area contributed by atoms with Gasteiger partial charge in [-0.2, -0.15) is 0 Å². The van der Waals surface area contributed by atoms with Gasteiger partial charge in [0.1, 0.15) is 0 Å². The van der Waals surface area contributed by atoms with Gasteiger partial charge in [0.05, 0.1) is 31.6 Å². The maximum atomic E-state index is 13.1. The first-order valence-electron chi connectivity index (χ1n) is 10.2. The van der Waals surface area contributed by atoms with Crippen LogP contribution in [0.25, 0.3) is 0 Å². The van der Waals surface area contributed by atoms with Gasteiger partial charge in [-0.05, 0) is 63.8 Å². The normalized spacial score (nSPS) is 16.4. The number of methoxy groups -OCH3 is 1. The summed E-state index contributed by atoms with van der Waals surface area (Å²) in [6.07, 6.45) is 2.06. The molecule has 1 atom stereocenters. The molecule has 0 bridgehead atoms. The van der Waals surface area contributed by atoms with Crippen LogP contribution in [0.2, 0.25) is 0 Å². The first kappa shape index (κ1) is 22.4. The van der Waals surface area contributed by atoms with E-state index in [1.54, 1.807) is 24.3 Å². The van der Waals surface area contributed by atoms with E-state index in [9.17, 15) is 14.7 Å². The van der Waals surface area contributed by atoms with Crippen molar-refractivity contribution < 1.29 is 28.6 Å². The van der Waals surface area contributed by atoms with Crippen molar-refractivity contribution in [3.63, 3.8) is 0 Å². The molecule has 1 aliphatic heterocycles. The van der Waals surface area contributed by atoms with Crippen LogP contribution < -0.4 is 9.47 Å². The predicted octanol–water partition coefficient (Wildman–Crippen LogP) is 3.22. The fraction of sp³-hybridized carbons (Fsp3) is 0.391. The molecule has 0 fully saturated rings. The van der Waals surface area contributed by atoms with Gasteiger partial charge in [-0.15, -0.1) is 0 Å². The summed E-state index contributed by atoms with van der Waals surface area (Å²) in [4.78, 5) is 29.6. The van der Waals surface area contributed by atoms with Gasteiger partial charge < -0.3 is 28.8 Å². The SMILES string of the molecule is CCOc1ccc([C@@H]2C(C(=O)c3ccco3)=C(O)C(=O)N2CCCN(C)C)cc1OC. The molecule has 0 saturated heterocycles. The van der Waals surface area contributed by atoms with Crippen molar-refractivity contribution >= 4 is 11.7 Å². The molecular formula is C23H28N2O6. The number of aliphatic hydroxyl groups is 1. The van der Waals surface area contributed by atoms with Crippen LogP contribution in [0.1, 0.15) is 35.5 Å². The van der Waals surface area contributed by atoms with Crippen LogP contribution in [0, 0.1) is 0 Å². The lowest BCUT2D eigenvalue weighted by atomic mass is 9.94. The van der Waals surface area contributed by atoms with E-state index < -0.39 is 23.5 Å². The summed E-state index contributed by atoms with van der Waals surface area (Å²) >= 11 is 0. The number of carbonyl (C=O) groups is 2. The summed E-state index contributed by atoms with van der Waals surface area (Å²) in [5.41, 5.74) is 0.633. The van der Waals surface area contributed by atoms with E-state index in [1.807, 2.05) is 25.9 Å². The number of ether oxygens (including phenoxy) is 2. The molecule has 8 nitrogen and oxygen atoms in total. The van der Waals surface area contributed by atoms with Gasteiger partial charge in [0, 0.05) is 6.54 Å². The third kappa shape index (κ3) is 4.59. The van der Waals surface area contributed by atoms with Gasteiger partial charge in [-0.3, -0.25) is 9.59 Å². The van der Waals surface area contributed by atoms with Gasteiger partial charge in [-0.25, -0.2) is 0 Å². The number of amides is 1. The Kier molecular flexibility index (Phi) is 7.02. The van der Waals surface area contributed by atoms with Crippen molar-refractivity contribution in [3.05, 3.63) is 59.3 Å². The minimum absolute atomic E-state index is 0.00369. The molecular weight excluding hydrogens is 400 g/mol. The molecule has 0 spiro atoms. The Morgan fingerprint density at radius 1 is 1.26 bits per heavy atom. The first-order valence-corrected chi connectivity index (χ1v) is 10.2.